The Morgan fingerprint density at radius 2 is 2.29 bits per heavy atom. The largest absolute Gasteiger partial charge is 0.394 e. The molecule has 1 saturated heterocycles. The van der Waals surface area contributed by atoms with Crippen LogP contribution in [0, 0.1) is 5.82 Å². The van der Waals surface area contributed by atoms with E-state index in [1.807, 2.05) is 0 Å². The minimum absolute atomic E-state index is 0.00443. The van der Waals surface area contributed by atoms with Gasteiger partial charge in [0.15, 0.2) is 17.7 Å². The molecule has 1 aliphatic heterocycles. The van der Waals surface area contributed by atoms with E-state index in [0.29, 0.717) is 0 Å². The van der Waals surface area contributed by atoms with Gasteiger partial charge < -0.3 is 25.3 Å². The molecule has 4 atom stereocenters. The average molecular weight is 317 g/mol. The molecule has 0 spiro atoms. The van der Waals surface area contributed by atoms with Crippen LogP contribution in [0.2, 0.25) is 0 Å². The Morgan fingerprint density at radius 1 is 1.57 bits per heavy atom. The lowest BCUT2D eigenvalue weighted by atomic mass is 10.0. The van der Waals surface area contributed by atoms with Crippen LogP contribution in [0.25, 0.3) is 11.0 Å². The second-order valence-corrected chi connectivity index (χ2v) is 5.96. The number of aliphatic hydroxyl groups excluding tert-OH is 2. The Labute approximate surface area is 124 Å². The molecule has 0 amide bonds. The molecular weight excluding hydrogens is 303 g/mol. The smallest absolute Gasteiger partial charge is 0.157 e. The molecule has 0 radical (unpaired) electrons. The number of rotatable bonds is 2. The summed E-state index contributed by atoms with van der Waals surface area (Å²) >= 11 is 6.34. The molecule has 0 bridgehead atoms. The van der Waals surface area contributed by atoms with E-state index in [9.17, 15) is 14.6 Å². The number of anilines is 1. The molecule has 3 heterocycles. The Kier molecular flexibility index (Phi) is 3.28. The van der Waals surface area contributed by atoms with Crippen molar-refractivity contribution in [2.45, 2.75) is 30.2 Å². The minimum Gasteiger partial charge on any atom is -0.394 e. The lowest BCUT2D eigenvalue weighted by Gasteiger charge is -2.26. The quantitative estimate of drug-likeness (QED) is 0.692. The van der Waals surface area contributed by atoms with Crippen molar-refractivity contribution in [1.82, 2.24) is 14.5 Å². The first-order valence-corrected chi connectivity index (χ1v) is 6.65. The van der Waals surface area contributed by atoms with Gasteiger partial charge in [-0.05, 0) is 6.92 Å². The van der Waals surface area contributed by atoms with Gasteiger partial charge in [-0.2, -0.15) is 0 Å². The summed E-state index contributed by atoms with van der Waals surface area (Å²) in [5.74, 6) is -0.606. The number of nitrogen functional groups attached to an aromatic ring is 1. The molecule has 0 unspecified atom stereocenters. The highest BCUT2D eigenvalue weighted by atomic mass is 35.5. The van der Waals surface area contributed by atoms with Gasteiger partial charge in [0.1, 0.15) is 29.2 Å². The van der Waals surface area contributed by atoms with Gasteiger partial charge in [0.05, 0.1) is 12.0 Å². The zero-order valence-electron chi connectivity index (χ0n) is 11.1. The number of halogens is 2. The molecule has 4 N–H and O–H groups in total. The summed E-state index contributed by atoms with van der Waals surface area (Å²) in [5, 5.41) is 19.4. The average Bonchev–Trinajstić information content (AvgIpc) is 2.87. The van der Waals surface area contributed by atoms with Crippen molar-refractivity contribution in [3.63, 3.8) is 0 Å². The summed E-state index contributed by atoms with van der Waals surface area (Å²) in [6.07, 6.45) is -0.541. The second-order valence-electron chi connectivity index (χ2n) is 5.15. The van der Waals surface area contributed by atoms with E-state index in [0.717, 1.165) is 6.20 Å². The number of nitrogens with two attached hydrogens (primary N) is 1. The number of hydrogen-bond donors (Lipinski definition) is 3. The number of aliphatic hydroxyl groups is 2. The highest BCUT2D eigenvalue weighted by Crippen LogP contribution is 2.44. The number of ether oxygens (including phenoxy) is 1. The molecule has 21 heavy (non-hydrogen) atoms. The fraction of sp³-hybridized carbons (Fsp3) is 0.500. The third-order valence-electron chi connectivity index (χ3n) is 3.74. The van der Waals surface area contributed by atoms with E-state index < -0.39 is 35.7 Å². The van der Waals surface area contributed by atoms with Crippen molar-refractivity contribution in [3.8, 4) is 0 Å². The number of alkyl halides is 1. The molecule has 0 aliphatic carbocycles. The van der Waals surface area contributed by atoms with Crippen LogP contribution >= 0.6 is 11.6 Å². The first-order valence-electron chi connectivity index (χ1n) is 6.27. The fourth-order valence-corrected chi connectivity index (χ4v) is 2.90. The Hall–Kier alpha value is -1.48. The lowest BCUT2D eigenvalue weighted by molar-refractivity contribution is -0.0440. The third-order valence-corrected chi connectivity index (χ3v) is 4.15. The van der Waals surface area contributed by atoms with Crippen molar-refractivity contribution in [1.29, 1.82) is 0 Å². The monoisotopic (exact) mass is 316 g/mol. The van der Waals surface area contributed by atoms with Crippen molar-refractivity contribution in [2.24, 2.45) is 0 Å². The fourth-order valence-electron chi connectivity index (χ4n) is 2.60. The molecule has 9 heteroatoms. The highest BCUT2D eigenvalue weighted by molar-refractivity contribution is 6.24. The Bertz CT molecular complexity index is 692. The highest BCUT2D eigenvalue weighted by Gasteiger charge is 2.53. The summed E-state index contributed by atoms with van der Waals surface area (Å²) in [7, 11) is 0. The zero-order valence-corrected chi connectivity index (χ0v) is 11.8. The molecular formula is C12H14ClFN4O3. The van der Waals surface area contributed by atoms with Gasteiger partial charge >= 0.3 is 0 Å². The van der Waals surface area contributed by atoms with Crippen molar-refractivity contribution in [3.05, 3.63) is 18.3 Å². The zero-order chi connectivity index (χ0) is 15.4. The second kappa shape index (κ2) is 4.77. The van der Waals surface area contributed by atoms with E-state index >= 15 is 0 Å². The van der Waals surface area contributed by atoms with E-state index in [1.165, 1.54) is 10.9 Å². The van der Waals surface area contributed by atoms with Crippen LogP contribution in [-0.2, 0) is 4.74 Å². The van der Waals surface area contributed by atoms with Crippen LogP contribution in [0.3, 0.4) is 0 Å². The van der Waals surface area contributed by atoms with Crippen LogP contribution < -0.4 is 5.73 Å². The van der Waals surface area contributed by atoms with E-state index in [-0.39, 0.29) is 16.9 Å². The van der Waals surface area contributed by atoms with Crippen LogP contribution in [0.15, 0.2) is 12.5 Å². The first-order chi connectivity index (χ1) is 9.87. The molecule has 0 aromatic carbocycles. The summed E-state index contributed by atoms with van der Waals surface area (Å²) in [6.45, 7) is 1.15. The van der Waals surface area contributed by atoms with Gasteiger partial charge in [0, 0.05) is 6.20 Å². The predicted molar refractivity (Wildman–Crippen MR) is 73.2 cm³/mol. The van der Waals surface area contributed by atoms with E-state index in [1.54, 1.807) is 6.92 Å². The Morgan fingerprint density at radius 3 is 2.90 bits per heavy atom. The van der Waals surface area contributed by atoms with Crippen molar-refractivity contribution in [2.75, 3.05) is 12.3 Å². The normalized spacial score (nSPS) is 32.9. The van der Waals surface area contributed by atoms with Crippen molar-refractivity contribution < 1.29 is 19.3 Å². The summed E-state index contributed by atoms with van der Waals surface area (Å²) in [4.78, 5) is 6.48. The maximum Gasteiger partial charge on any atom is 0.157 e. The van der Waals surface area contributed by atoms with Crippen LogP contribution in [0.1, 0.15) is 13.2 Å². The molecule has 114 valence electrons. The lowest BCUT2D eigenvalue weighted by Crippen LogP contribution is -2.39. The maximum absolute atomic E-state index is 14.1. The topological polar surface area (TPSA) is 106 Å². The van der Waals surface area contributed by atoms with Crippen LogP contribution in [0.4, 0.5) is 10.2 Å². The number of fused-ring (bicyclic) bond motifs is 1. The first kappa shape index (κ1) is 14.5. The summed E-state index contributed by atoms with van der Waals surface area (Å²) in [5.41, 5.74) is 5.86. The number of aromatic nitrogens is 3. The van der Waals surface area contributed by atoms with E-state index in [4.69, 9.17) is 22.1 Å². The standard InChI is InChI=1S/C12H14ClFN4O3/c1-12(13)8(20)6(3-19)21-11(12)18-2-5(14)7-9(15)16-4-17-10(7)18/h2,4,6,8,11,19-20H,3H2,1H3,(H2,15,16,17)/t6-,8-,11-,12-/m1/s1. The molecule has 7 nitrogen and oxygen atoms in total. The molecule has 2 aromatic rings. The molecule has 3 rings (SSSR count). The number of nitrogens with zero attached hydrogens (tertiary/aromatic N) is 3. The minimum atomic E-state index is -1.26. The molecule has 2 aromatic heterocycles. The van der Waals surface area contributed by atoms with Gasteiger partial charge in [0.2, 0.25) is 0 Å². The van der Waals surface area contributed by atoms with Gasteiger partial charge in [-0.3, -0.25) is 0 Å². The van der Waals surface area contributed by atoms with E-state index in [2.05, 4.69) is 9.97 Å². The molecule has 0 saturated carbocycles. The van der Waals surface area contributed by atoms with Gasteiger partial charge in [-0.15, -0.1) is 11.6 Å². The van der Waals surface area contributed by atoms with Crippen molar-refractivity contribution >= 4 is 28.5 Å². The SMILES string of the molecule is C[C@@]1(Cl)[C@H](O)[C@@H](CO)O[C@H]1n1cc(F)c2c(N)ncnc21. The predicted octanol–water partition coefficient (Wildman–Crippen LogP) is 0.401. The van der Waals surface area contributed by atoms with Gasteiger partial charge in [-0.1, -0.05) is 0 Å². The van der Waals surface area contributed by atoms with Crippen LogP contribution in [0.5, 0.6) is 0 Å². The molecule has 1 aliphatic rings. The summed E-state index contributed by atoms with van der Waals surface area (Å²) < 4.78 is 21.0. The Balaban J connectivity index is 2.15. The summed E-state index contributed by atoms with van der Waals surface area (Å²) in [6, 6.07) is 0. The van der Waals surface area contributed by atoms with Crippen LogP contribution in [-0.4, -0.2) is 48.4 Å². The van der Waals surface area contributed by atoms with Gasteiger partial charge in [-0.25, -0.2) is 14.4 Å². The maximum atomic E-state index is 14.1. The number of hydrogen-bond acceptors (Lipinski definition) is 6. The molecule has 1 fully saturated rings. The third kappa shape index (κ3) is 1.98. The van der Waals surface area contributed by atoms with Gasteiger partial charge in [0.25, 0.3) is 0 Å².